The van der Waals surface area contributed by atoms with Crippen LogP contribution in [-0.4, -0.2) is 29.7 Å². The summed E-state index contributed by atoms with van der Waals surface area (Å²) in [5.74, 6) is 0.147. The molecule has 0 saturated heterocycles. The van der Waals surface area contributed by atoms with Crippen LogP contribution in [0.2, 0.25) is 0 Å². The van der Waals surface area contributed by atoms with E-state index in [9.17, 15) is 9.59 Å². The Labute approximate surface area is 127 Å². The number of nitrogens with one attached hydrogen (secondary N) is 2. The van der Waals surface area contributed by atoms with Gasteiger partial charge in [-0.25, -0.2) is 4.79 Å². The predicted octanol–water partition coefficient (Wildman–Crippen LogP) is 3.00. The number of aliphatic carboxylic acids is 1. The van der Waals surface area contributed by atoms with Gasteiger partial charge < -0.3 is 15.7 Å². The first-order valence-electron chi connectivity index (χ1n) is 8.14. The molecule has 0 aromatic heterocycles. The summed E-state index contributed by atoms with van der Waals surface area (Å²) in [7, 11) is 0. The highest BCUT2D eigenvalue weighted by atomic mass is 16.4. The Bertz CT molecular complexity index is 344. The number of urea groups is 1. The highest BCUT2D eigenvalue weighted by Crippen LogP contribution is 2.23. The standard InChI is InChI=1S/C16H30N2O3/c1-11(2)8-13(9-15(19)20)10-17-16(21)18-14-7-5-4-6-12(14)3/h11-14H,4-10H2,1-3H3,(H,19,20)(H2,17,18,21)/t12?,13-,14?/m0/s1. The van der Waals surface area contributed by atoms with Crippen LogP contribution in [0.25, 0.3) is 0 Å². The van der Waals surface area contributed by atoms with Gasteiger partial charge in [-0.15, -0.1) is 0 Å². The van der Waals surface area contributed by atoms with Gasteiger partial charge in [-0.05, 0) is 37.0 Å². The van der Waals surface area contributed by atoms with Crippen LogP contribution in [-0.2, 0) is 4.79 Å². The van der Waals surface area contributed by atoms with Gasteiger partial charge in [0.2, 0.25) is 0 Å². The Hall–Kier alpha value is -1.26. The Kier molecular flexibility index (Phi) is 7.54. The maximum atomic E-state index is 12.0. The molecule has 3 N–H and O–H groups in total. The third-order valence-electron chi connectivity index (χ3n) is 4.25. The molecule has 0 spiro atoms. The van der Waals surface area contributed by atoms with E-state index in [0.717, 1.165) is 12.8 Å². The van der Waals surface area contributed by atoms with Crippen molar-refractivity contribution in [3.05, 3.63) is 0 Å². The molecule has 5 nitrogen and oxygen atoms in total. The van der Waals surface area contributed by atoms with Gasteiger partial charge in [0.15, 0.2) is 0 Å². The van der Waals surface area contributed by atoms with Crippen molar-refractivity contribution in [2.75, 3.05) is 6.54 Å². The van der Waals surface area contributed by atoms with Crippen LogP contribution in [0.5, 0.6) is 0 Å². The minimum absolute atomic E-state index is 0.00275. The second-order valence-electron chi connectivity index (χ2n) is 6.82. The fourth-order valence-corrected chi connectivity index (χ4v) is 3.14. The smallest absolute Gasteiger partial charge is 0.315 e. The summed E-state index contributed by atoms with van der Waals surface area (Å²) in [4.78, 5) is 22.8. The molecule has 0 radical (unpaired) electrons. The van der Waals surface area contributed by atoms with Crippen molar-refractivity contribution in [3.63, 3.8) is 0 Å². The molecule has 1 fully saturated rings. The summed E-state index contributed by atoms with van der Waals surface area (Å²) in [5.41, 5.74) is 0. The first kappa shape index (κ1) is 17.8. The average Bonchev–Trinajstić information content (AvgIpc) is 2.37. The molecule has 0 aromatic carbocycles. The van der Waals surface area contributed by atoms with Gasteiger partial charge in [-0.3, -0.25) is 4.79 Å². The molecule has 5 heteroatoms. The lowest BCUT2D eigenvalue weighted by atomic mass is 9.86. The van der Waals surface area contributed by atoms with Gasteiger partial charge in [0.1, 0.15) is 0 Å². The maximum absolute atomic E-state index is 12.0. The number of amides is 2. The Morgan fingerprint density at radius 3 is 2.48 bits per heavy atom. The van der Waals surface area contributed by atoms with Crippen LogP contribution in [0.3, 0.4) is 0 Å². The Morgan fingerprint density at radius 2 is 1.90 bits per heavy atom. The number of rotatable bonds is 7. The number of hydrogen-bond acceptors (Lipinski definition) is 2. The third kappa shape index (κ3) is 7.34. The number of carbonyl (C=O) groups excluding carboxylic acids is 1. The summed E-state index contributed by atoms with van der Waals surface area (Å²) >= 11 is 0. The quantitative estimate of drug-likeness (QED) is 0.676. The lowest BCUT2D eigenvalue weighted by Gasteiger charge is -2.29. The average molecular weight is 298 g/mol. The van der Waals surface area contributed by atoms with Gasteiger partial charge in [0.25, 0.3) is 0 Å². The summed E-state index contributed by atoms with van der Waals surface area (Å²) in [6, 6.07) is 0.0923. The van der Waals surface area contributed by atoms with Gasteiger partial charge >= 0.3 is 12.0 Å². The SMILES string of the molecule is CC(C)C[C@H](CNC(=O)NC1CCCCC1C)CC(=O)O. The molecule has 2 amide bonds. The van der Waals surface area contributed by atoms with Crippen LogP contribution in [0.4, 0.5) is 4.79 Å². The highest BCUT2D eigenvalue weighted by molar-refractivity contribution is 5.74. The molecule has 21 heavy (non-hydrogen) atoms. The zero-order valence-electron chi connectivity index (χ0n) is 13.5. The Balaban J connectivity index is 2.36. The highest BCUT2D eigenvalue weighted by Gasteiger charge is 2.23. The second-order valence-corrected chi connectivity index (χ2v) is 6.82. The zero-order chi connectivity index (χ0) is 15.8. The van der Waals surface area contributed by atoms with E-state index in [1.807, 2.05) is 0 Å². The monoisotopic (exact) mass is 298 g/mol. The molecule has 0 aromatic rings. The number of carboxylic acid groups (broad SMARTS) is 1. The van der Waals surface area contributed by atoms with Crippen molar-refractivity contribution >= 4 is 12.0 Å². The van der Waals surface area contributed by atoms with E-state index in [1.165, 1.54) is 19.3 Å². The summed E-state index contributed by atoms with van der Waals surface area (Å²) in [6.45, 7) is 6.74. The van der Waals surface area contributed by atoms with Gasteiger partial charge in [-0.1, -0.05) is 33.6 Å². The fourth-order valence-electron chi connectivity index (χ4n) is 3.14. The van der Waals surface area contributed by atoms with Crippen molar-refractivity contribution in [3.8, 4) is 0 Å². The predicted molar refractivity (Wildman–Crippen MR) is 83.2 cm³/mol. The zero-order valence-corrected chi connectivity index (χ0v) is 13.5. The van der Waals surface area contributed by atoms with Gasteiger partial charge in [-0.2, -0.15) is 0 Å². The van der Waals surface area contributed by atoms with E-state index in [4.69, 9.17) is 5.11 Å². The lowest BCUT2D eigenvalue weighted by molar-refractivity contribution is -0.138. The van der Waals surface area contributed by atoms with E-state index >= 15 is 0 Å². The Morgan fingerprint density at radius 1 is 1.24 bits per heavy atom. The van der Waals surface area contributed by atoms with Crippen LogP contribution in [0, 0.1) is 17.8 Å². The molecule has 1 rings (SSSR count). The molecule has 1 saturated carbocycles. The number of carboxylic acids is 1. The minimum Gasteiger partial charge on any atom is -0.481 e. The molecular formula is C16H30N2O3. The lowest BCUT2D eigenvalue weighted by Crippen LogP contribution is -2.47. The van der Waals surface area contributed by atoms with E-state index in [0.29, 0.717) is 18.4 Å². The van der Waals surface area contributed by atoms with E-state index < -0.39 is 5.97 Å². The third-order valence-corrected chi connectivity index (χ3v) is 4.25. The second kappa shape index (κ2) is 8.90. The van der Waals surface area contributed by atoms with Crippen LogP contribution in [0.15, 0.2) is 0 Å². The normalized spacial score (nSPS) is 23.6. The topological polar surface area (TPSA) is 78.4 Å². The van der Waals surface area contributed by atoms with Crippen molar-refractivity contribution in [2.45, 2.75) is 65.3 Å². The summed E-state index contributed by atoms with van der Waals surface area (Å²) in [6.07, 6.45) is 5.55. The van der Waals surface area contributed by atoms with Gasteiger partial charge in [0.05, 0.1) is 0 Å². The summed E-state index contributed by atoms with van der Waals surface area (Å²) < 4.78 is 0. The van der Waals surface area contributed by atoms with Crippen LogP contribution < -0.4 is 10.6 Å². The summed E-state index contributed by atoms with van der Waals surface area (Å²) in [5, 5.41) is 14.8. The van der Waals surface area contributed by atoms with E-state index in [1.54, 1.807) is 0 Å². The molecular weight excluding hydrogens is 268 g/mol. The molecule has 0 bridgehead atoms. The molecule has 1 aliphatic rings. The molecule has 2 unspecified atom stereocenters. The molecule has 0 aliphatic heterocycles. The van der Waals surface area contributed by atoms with Crippen molar-refractivity contribution in [2.24, 2.45) is 17.8 Å². The molecule has 122 valence electrons. The van der Waals surface area contributed by atoms with E-state index in [2.05, 4.69) is 31.4 Å². The first-order chi connectivity index (χ1) is 9.88. The van der Waals surface area contributed by atoms with Gasteiger partial charge in [0, 0.05) is 19.0 Å². The molecule has 3 atom stereocenters. The number of carbonyl (C=O) groups is 2. The van der Waals surface area contributed by atoms with E-state index in [-0.39, 0.29) is 24.4 Å². The van der Waals surface area contributed by atoms with Crippen molar-refractivity contribution in [1.82, 2.24) is 10.6 Å². The van der Waals surface area contributed by atoms with Crippen LogP contribution >= 0.6 is 0 Å². The van der Waals surface area contributed by atoms with Crippen molar-refractivity contribution in [1.29, 1.82) is 0 Å². The molecule has 0 heterocycles. The first-order valence-corrected chi connectivity index (χ1v) is 8.14. The fraction of sp³-hybridized carbons (Fsp3) is 0.875. The largest absolute Gasteiger partial charge is 0.481 e. The minimum atomic E-state index is -0.802. The van der Waals surface area contributed by atoms with Crippen molar-refractivity contribution < 1.29 is 14.7 Å². The number of hydrogen-bond donors (Lipinski definition) is 3. The molecule has 1 aliphatic carbocycles. The van der Waals surface area contributed by atoms with Crippen LogP contribution in [0.1, 0.15) is 59.3 Å². The maximum Gasteiger partial charge on any atom is 0.315 e.